The fourth-order valence-electron chi connectivity index (χ4n) is 1.99. The highest BCUT2D eigenvalue weighted by Crippen LogP contribution is 2.23. The van der Waals surface area contributed by atoms with E-state index in [0.29, 0.717) is 11.0 Å². The molecule has 4 heteroatoms. The number of rotatable bonds is 3. The van der Waals surface area contributed by atoms with Crippen LogP contribution < -0.4 is 5.32 Å². The summed E-state index contributed by atoms with van der Waals surface area (Å²) in [5, 5.41) is 3.51. The molecule has 2 rings (SSSR count). The molecule has 1 N–H and O–H groups in total. The normalized spacial score (nSPS) is 19.2. The number of hydrogen-bond donors (Lipinski definition) is 1. The van der Waals surface area contributed by atoms with Crippen LogP contribution in [0.15, 0.2) is 22.7 Å². The van der Waals surface area contributed by atoms with Crippen LogP contribution in [0.1, 0.15) is 25.3 Å². The Balaban J connectivity index is 1.99. The molecule has 17 heavy (non-hydrogen) atoms. The van der Waals surface area contributed by atoms with Crippen molar-refractivity contribution < 1.29 is 9.13 Å². The van der Waals surface area contributed by atoms with Crippen LogP contribution in [-0.4, -0.2) is 18.8 Å². The molecule has 1 aromatic carbocycles. The first kappa shape index (κ1) is 13.0. The molecule has 1 heterocycles. The van der Waals surface area contributed by atoms with Crippen LogP contribution in [0, 0.1) is 5.82 Å². The van der Waals surface area contributed by atoms with Crippen molar-refractivity contribution in [3.8, 4) is 0 Å². The number of ether oxygens (including phenoxy) is 1. The third-order valence-corrected chi connectivity index (χ3v) is 4.22. The van der Waals surface area contributed by atoms with Crippen LogP contribution in [0.4, 0.5) is 4.39 Å². The van der Waals surface area contributed by atoms with E-state index in [-0.39, 0.29) is 11.4 Å². The van der Waals surface area contributed by atoms with E-state index in [1.807, 2.05) is 6.07 Å². The van der Waals surface area contributed by atoms with Crippen LogP contribution in [-0.2, 0) is 11.3 Å². The molecule has 1 aromatic rings. The largest absolute Gasteiger partial charge is 0.381 e. The summed E-state index contributed by atoms with van der Waals surface area (Å²) in [6.07, 6.45) is 2.00. The monoisotopic (exact) mass is 301 g/mol. The van der Waals surface area contributed by atoms with E-state index in [0.717, 1.165) is 31.6 Å². The van der Waals surface area contributed by atoms with Gasteiger partial charge in [-0.15, -0.1) is 0 Å². The van der Waals surface area contributed by atoms with E-state index >= 15 is 0 Å². The summed E-state index contributed by atoms with van der Waals surface area (Å²) in [7, 11) is 0. The van der Waals surface area contributed by atoms with E-state index in [9.17, 15) is 4.39 Å². The molecule has 2 nitrogen and oxygen atoms in total. The van der Waals surface area contributed by atoms with Crippen molar-refractivity contribution in [1.82, 2.24) is 5.32 Å². The Morgan fingerprint density at radius 2 is 2.12 bits per heavy atom. The molecule has 1 fully saturated rings. The van der Waals surface area contributed by atoms with Crippen molar-refractivity contribution in [2.75, 3.05) is 13.2 Å². The zero-order valence-electron chi connectivity index (χ0n) is 9.93. The van der Waals surface area contributed by atoms with Crippen LogP contribution in [0.3, 0.4) is 0 Å². The maximum Gasteiger partial charge on any atom is 0.137 e. The third-order valence-electron chi connectivity index (χ3n) is 3.33. The smallest absolute Gasteiger partial charge is 0.137 e. The first-order chi connectivity index (χ1) is 8.11. The highest BCUT2D eigenvalue weighted by atomic mass is 79.9. The highest BCUT2D eigenvalue weighted by molar-refractivity contribution is 9.10. The van der Waals surface area contributed by atoms with E-state index in [4.69, 9.17) is 4.74 Å². The summed E-state index contributed by atoms with van der Waals surface area (Å²) >= 11 is 3.28. The Labute approximate surface area is 110 Å². The summed E-state index contributed by atoms with van der Waals surface area (Å²) < 4.78 is 19.3. The molecule has 1 aliphatic rings. The molecule has 0 aromatic heterocycles. The van der Waals surface area contributed by atoms with Gasteiger partial charge in [0.2, 0.25) is 0 Å². The first-order valence-electron chi connectivity index (χ1n) is 5.86. The number of halogens is 2. The van der Waals surface area contributed by atoms with Gasteiger partial charge in [-0.1, -0.05) is 12.1 Å². The lowest BCUT2D eigenvalue weighted by Crippen LogP contribution is -2.46. The molecule has 0 radical (unpaired) electrons. The number of nitrogens with one attached hydrogen (secondary N) is 1. The molecule has 0 saturated carbocycles. The topological polar surface area (TPSA) is 21.3 Å². The molecule has 1 aliphatic heterocycles. The molecule has 0 bridgehead atoms. The van der Waals surface area contributed by atoms with Crippen LogP contribution in [0.2, 0.25) is 0 Å². The molecule has 0 spiro atoms. The highest BCUT2D eigenvalue weighted by Gasteiger charge is 2.26. The second kappa shape index (κ2) is 5.46. The molecule has 0 amide bonds. The third kappa shape index (κ3) is 3.27. The van der Waals surface area contributed by atoms with E-state index < -0.39 is 0 Å². The van der Waals surface area contributed by atoms with Crippen molar-refractivity contribution in [2.45, 2.75) is 31.8 Å². The summed E-state index contributed by atoms with van der Waals surface area (Å²) in [6, 6.07) is 5.13. The van der Waals surface area contributed by atoms with Gasteiger partial charge in [0.05, 0.1) is 4.47 Å². The fourth-order valence-corrected chi connectivity index (χ4v) is 2.40. The van der Waals surface area contributed by atoms with Crippen LogP contribution in [0.5, 0.6) is 0 Å². The lowest BCUT2D eigenvalue weighted by atomic mass is 9.92. The lowest BCUT2D eigenvalue weighted by Gasteiger charge is -2.34. The molecule has 1 saturated heterocycles. The van der Waals surface area contributed by atoms with Crippen molar-refractivity contribution in [1.29, 1.82) is 0 Å². The van der Waals surface area contributed by atoms with Gasteiger partial charge in [0.1, 0.15) is 5.82 Å². The van der Waals surface area contributed by atoms with Gasteiger partial charge in [0, 0.05) is 25.3 Å². The molecule has 94 valence electrons. The number of hydrogen-bond acceptors (Lipinski definition) is 2. The van der Waals surface area contributed by atoms with E-state index in [2.05, 4.69) is 28.2 Å². The van der Waals surface area contributed by atoms with E-state index in [1.54, 1.807) is 6.07 Å². The van der Waals surface area contributed by atoms with Crippen molar-refractivity contribution in [2.24, 2.45) is 0 Å². The van der Waals surface area contributed by atoms with Crippen LogP contribution in [0.25, 0.3) is 0 Å². The van der Waals surface area contributed by atoms with Gasteiger partial charge in [-0.3, -0.25) is 0 Å². The molecule has 0 atom stereocenters. The van der Waals surface area contributed by atoms with Gasteiger partial charge in [-0.05, 0) is 47.3 Å². The fraction of sp³-hybridized carbons (Fsp3) is 0.538. The molecule has 0 unspecified atom stereocenters. The SMILES string of the molecule is CC1(NCc2cccc(F)c2Br)CCOCC1. The molecule has 0 aliphatic carbocycles. The Hall–Kier alpha value is -0.450. The summed E-state index contributed by atoms with van der Waals surface area (Å²) in [6.45, 7) is 4.47. The van der Waals surface area contributed by atoms with Gasteiger partial charge in [0.15, 0.2) is 0 Å². The Kier molecular flexibility index (Phi) is 4.17. The van der Waals surface area contributed by atoms with E-state index in [1.165, 1.54) is 6.07 Å². The molecular formula is C13H17BrFNO. The Bertz CT molecular complexity index is 391. The molecular weight excluding hydrogens is 285 g/mol. The van der Waals surface area contributed by atoms with Gasteiger partial charge in [-0.25, -0.2) is 4.39 Å². The Morgan fingerprint density at radius 3 is 2.82 bits per heavy atom. The van der Waals surface area contributed by atoms with Crippen LogP contribution >= 0.6 is 15.9 Å². The van der Waals surface area contributed by atoms with Gasteiger partial charge >= 0.3 is 0 Å². The average molecular weight is 302 g/mol. The quantitative estimate of drug-likeness (QED) is 0.925. The maximum atomic E-state index is 13.3. The number of benzene rings is 1. The van der Waals surface area contributed by atoms with Crippen molar-refractivity contribution in [3.63, 3.8) is 0 Å². The summed E-state index contributed by atoms with van der Waals surface area (Å²) in [4.78, 5) is 0. The average Bonchev–Trinajstić information content (AvgIpc) is 2.32. The minimum absolute atomic E-state index is 0.101. The van der Waals surface area contributed by atoms with Crippen molar-refractivity contribution >= 4 is 15.9 Å². The standard InChI is InChI=1S/C13H17BrFNO/c1-13(5-7-17-8-6-13)16-9-10-3-2-4-11(15)12(10)14/h2-4,16H,5-9H2,1H3. The lowest BCUT2D eigenvalue weighted by molar-refractivity contribution is 0.0446. The van der Waals surface area contributed by atoms with Gasteiger partial charge < -0.3 is 10.1 Å². The predicted molar refractivity (Wildman–Crippen MR) is 69.4 cm³/mol. The minimum atomic E-state index is -0.207. The maximum absolute atomic E-state index is 13.3. The predicted octanol–water partition coefficient (Wildman–Crippen LogP) is 3.25. The summed E-state index contributed by atoms with van der Waals surface area (Å²) in [5.41, 5.74) is 1.06. The second-order valence-corrected chi connectivity index (χ2v) is 5.53. The van der Waals surface area contributed by atoms with Gasteiger partial charge in [0.25, 0.3) is 0 Å². The van der Waals surface area contributed by atoms with Crippen molar-refractivity contribution in [3.05, 3.63) is 34.1 Å². The second-order valence-electron chi connectivity index (χ2n) is 4.74. The zero-order chi connectivity index (χ0) is 12.3. The first-order valence-corrected chi connectivity index (χ1v) is 6.66. The Morgan fingerprint density at radius 1 is 1.41 bits per heavy atom. The zero-order valence-corrected chi connectivity index (χ0v) is 11.5. The summed E-state index contributed by atoms with van der Waals surface area (Å²) in [5.74, 6) is -0.207. The minimum Gasteiger partial charge on any atom is -0.381 e. The van der Waals surface area contributed by atoms with Gasteiger partial charge in [-0.2, -0.15) is 0 Å².